The maximum atomic E-state index is 12.1. The summed E-state index contributed by atoms with van der Waals surface area (Å²) in [5.41, 5.74) is 0.423. The van der Waals surface area contributed by atoms with Gasteiger partial charge in [-0.3, -0.25) is 4.79 Å². The van der Waals surface area contributed by atoms with Crippen molar-refractivity contribution in [3.05, 3.63) is 52.9 Å². The maximum absolute atomic E-state index is 12.1. The van der Waals surface area contributed by atoms with Gasteiger partial charge in [0.1, 0.15) is 11.5 Å². The molecule has 0 aliphatic rings. The highest BCUT2D eigenvalue weighted by Crippen LogP contribution is 2.24. The maximum Gasteiger partial charge on any atom is 0.254 e. The fourth-order valence-electron chi connectivity index (χ4n) is 1.57. The first kappa shape index (κ1) is 12.5. The van der Waals surface area contributed by atoms with E-state index in [-0.39, 0.29) is 16.7 Å². The lowest BCUT2D eigenvalue weighted by Crippen LogP contribution is -2.25. The van der Waals surface area contributed by atoms with Gasteiger partial charge in [-0.25, -0.2) is 0 Å². The lowest BCUT2D eigenvalue weighted by molar-refractivity contribution is 0.0775. The van der Waals surface area contributed by atoms with Crippen LogP contribution in [0.3, 0.4) is 0 Å². The van der Waals surface area contributed by atoms with Crippen LogP contribution in [0.4, 0.5) is 0 Å². The van der Waals surface area contributed by atoms with E-state index < -0.39 is 0 Å². The molecule has 0 spiro atoms. The van der Waals surface area contributed by atoms with Gasteiger partial charge in [-0.05, 0) is 30.3 Å². The number of hydrogen-bond acceptors (Lipinski definition) is 3. The number of hydrogen-bond donors (Lipinski definition) is 1. The molecule has 1 amide bonds. The van der Waals surface area contributed by atoms with Crippen LogP contribution in [0.5, 0.6) is 5.75 Å². The third-order valence-electron chi connectivity index (χ3n) is 2.51. The minimum absolute atomic E-state index is 0.0399. The van der Waals surface area contributed by atoms with E-state index in [2.05, 4.69) is 0 Å². The number of carbonyl (C=O) groups excluding carboxylic acids is 1. The molecule has 4 nitrogen and oxygen atoms in total. The molecule has 0 fully saturated rings. The first-order chi connectivity index (χ1) is 8.58. The Kier molecular flexibility index (Phi) is 3.58. The van der Waals surface area contributed by atoms with Crippen LogP contribution >= 0.6 is 11.6 Å². The molecule has 94 valence electrons. The zero-order chi connectivity index (χ0) is 13.1. The first-order valence-electron chi connectivity index (χ1n) is 5.34. The lowest BCUT2D eigenvalue weighted by atomic mass is 10.2. The predicted octanol–water partition coefficient (Wildman–Crippen LogP) is 2.91. The summed E-state index contributed by atoms with van der Waals surface area (Å²) in [7, 11) is 1.67. The van der Waals surface area contributed by atoms with Gasteiger partial charge in [-0.2, -0.15) is 0 Å². The highest BCUT2D eigenvalue weighted by molar-refractivity contribution is 6.32. The fraction of sp³-hybridized carbons (Fsp3) is 0.154. The van der Waals surface area contributed by atoms with Crippen molar-refractivity contribution in [2.75, 3.05) is 7.05 Å². The molecule has 2 aromatic rings. The number of phenols is 1. The molecule has 0 saturated carbocycles. The number of aromatic hydroxyl groups is 1. The number of rotatable bonds is 3. The molecular weight excluding hydrogens is 254 g/mol. The van der Waals surface area contributed by atoms with Gasteiger partial charge in [0.25, 0.3) is 5.91 Å². The summed E-state index contributed by atoms with van der Waals surface area (Å²) in [6.45, 7) is 0.379. The number of halogens is 1. The van der Waals surface area contributed by atoms with E-state index in [1.165, 1.54) is 23.1 Å². The van der Waals surface area contributed by atoms with Crippen molar-refractivity contribution in [2.24, 2.45) is 0 Å². The summed E-state index contributed by atoms with van der Waals surface area (Å²) < 4.78 is 5.17. The number of amides is 1. The van der Waals surface area contributed by atoms with Crippen molar-refractivity contribution in [1.29, 1.82) is 0 Å². The van der Waals surface area contributed by atoms with Crippen molar-refractivity contribution in [3.63, 3.8) is 0 Å². The second-order valence-corrected chi connectivity index (χ2v) is 4.31. The highest BCUT2D eigenvalue weighted by atomic mass is 35.5. The Hall–Kier alpha value is -1.94. The van der Waals surface area contributed by atoms with Crippen molar-refractivity contribution < 1.29 is 14.3 Å². The van der Waals surface area contributed by atoms with E-state index in [0.717, 1.165) is 0 Å². The molecule has 0 atom stereocenters. The summed E-state index contributed by atoms with van der Waals surface area (Å²) in [5.74, 6) is 0.478. The van der Waals surface area contributed by atoms with E-state index in [1.807, 2.05) is 0 Å². The molecule has 18 heavy (non-hydrogen) atoms. The van der Waals surface area contributed by atoms with Crippen molar-refractivity contribution in [1.82, 2.24) is 4.90 Å². The smallest absolute Gasteiger partial charge is 0.254 e. The summed E-state index contributed by atoms with van der Waals surface area (Å²) in [6.07, 6.45) is 1.56. The van der Waals surface area contributed by atoms with Gasteiger partial charge in [-0.1, -0.05) is 11.6 Å². The Balaban J connectivity index is 2.12. The zero-order valence-electron chi connectivity index (χ0n) is 9.76. The predicted molar refractivity (Wildman–Crippen MR) is 67.6 cm³/mol. The molecule has 1 heterocycles. The van der Waals surface area contributed by atoms with Gasteiger partial charge >= 0.3 is 0 Å². The van der Waals surface area contributed by atoms with Gasteiger partial charge in [-0.15, -0.1) is 0 Å². The molecule has 5 heteroatoms. The molecule has 0 saturated heterocycles. The van der Waals surface area contributed by atoms with Gasteiger partial charge in [0.15, 0.2) is 0 Å². The average Bonchev–Trinajstić information content (AvgIpc) is 2.84. The molecular formula is C13H12ClNO3. The summed E-state index contributed by atoms with van der Waals surface area (Å²) >= 11 is 5.77. The minimum Gasteiger partial charge on any atom is -0.506 e. The van der Waals surface area contributed by atoms with Crippen LogP contribution in [0, 0.1) is 0 Å². The summed E-state index contributed by atoms with van der Waals surface area (Å²) in [4.78, 5) is 13.6. The third kappa shape index (κ3) is 2.65. The van der Waals surface area contributed by atoms with Crippen molar-refractivity contribution in [3.8, 4) is 5.75 Å². The van der Waals surface area contributed by atoms with Crippen LogP contribution in [0.2, 0.25) is 5.02 Å². The second-order valence-electron chi connectivity index (χ2n) is 3.91. The zero-order valence-corrected chi connectivity index (χ0v) is 10.5. The van der Waals surface area contributed by atoms with Crippen LogP contribution in [-0.4, -0.2) is 23.0 Å². The van der Waals surface area contributed by atoms with Gasteiger partial charge in [0.05, 0.1) is 17.8 Å². The van der Waals surface area contributed by atoms with E-state index in [1.54, 1.807) is 25.4 Å². The number of nitrogens with zero attached hydrogens (tertiary/aromatic N) is 1. The van der Waals surface area contributed by atoms with E-state index in [4.69, 9.17) is 16.0 Å². The lowest BCUT2D eigenvalue weighted by Gasteiger charge is -2.16. The summed E-state index contributed by atoms with van der Waals surface area (Å²) in [5, 5.41) is 9.46. The number of benzene rings is 1. The minimum atomic E-state index is -0.187. The topological polar surface area (TPSA) is 53.7 Å². The molecule has 1 aromatic heterocycles. The van der Waals surface area contributed by atoms with Crippen LogP contribution in [0.25, 0.3) is 0 Å². The molecule has 1 aromatic carbocycles. The fourth-order valence-corrected chi connectivity index (χ4v) is 1.75. The normalized spacial score (nSPS) is 10.3. The SMILES string of the molecule is CN(Cc1ccco1)C(=O)c1ccc(O)c(Cl)c1. The number of phenolic OH excluding ortho intramolecular Hbond substituents is 1. The Labute approximate surface area is 109 Å². The number of carbonyl (C=O) groups is 1. The van der Waals surface area contributed by atoms with E-state index in [0.29, 0.717) is 17.9 Å². The van der Waals surface area contributed by atoms with E-state index in [9.17, 15) is 9.90 Å². The van der Waals surface area contributed by atoms with Crippen LogP contribution in [0.15, 0.2) is 41.0 Å². The quantitative estimate of drug-likeness (QED) is 0.928. The van der Waals surface area contributed by atoms with Crippen molar-refractivity contribution in [2.45, 2.75) is 6.54 Å². The molecule has 0 bridgehead atoms. The molecule has 1 N–H and O–H groups in total. The van der Waals surface area contributed by atoms with Crippen LogP contribution in [0.1, 0.15) is 16.1 Å². The average molecular weight is 266 g/mol. The molecule has 2 rings (SSSR count). The van der Waals surface area contributed by atoms with Crippen molar-refractivity contribution >= 4 is 17.5 Å². The Morgan fingerprint density at radius 2 is 2.22 bits per heavy atom. The van der Waals surface area contributed by atoms with Gasteiger partial charge < -0.3 is 14.4 Å². The molecule has 0 unspecified atom stereocenters. The van der Waals surface area contributed by atoms with Gasteiger partial charge in [0, 0.05) is 12.6 Å². The van der Waals surface area contributed by atoms with Crippen LogP contribution < -0.4 is 0 Å². The Morgan fingerprint density at radius 3 is 2.83 bits per heavy atom. The molecule has 0 aliphatic heterocycles. The Bertz CT molecular complexity index is 551. The van der Waals surface area contributed by atoms with Crippen LogP contribution in [-0.2, 0) is 6.54 Å². The largest absolute Gasteiger partial charge is 0.506 e. The standard InChI is InChI=1S/C13H12ClNO3/c1-15(8-10-3-2-6-18-10)13(17)9-4-5-12(16)11(14)7-9/h2-7,16H,8H2,1H3. The van der Waals surface area contributed by atoms with E-state index >= 15 is 0 Å². The summed E-state index contributed by atoms with van der Waals surface area (Å²) in [6, 6.07) is 7.94. The highest BCUT2D eigenvalue weighted by Gasteiger charge is 2.14. The van der Waals surface area contributed by atoms with Gasteiger partial charge in [0.2, 0.25) is 0 Å². The Morgan fingerprint density at radius 1 is 1.44 bits per heavy atom. The third-order valence-corrected chi connectivity index (χ3v) is 2.82. The number of furan rings is 1. The monoisotopic (exact) mass is 265 g/mol. The first-order valence-corrected chi connectivity index (χ1v) is 5.72. The second kappa shape index (κ2) is 5.14. The molecule has 0 aliphatic carbocycles. The molecule has 0 radical (unpaired) electrons.